The Hall–Kier alpha value is -1.35. The maximum absolute atomic E-state index is 12.2. The minimum Gasteiger partial charge on any atom is -0.330 e. The number of aryl methyl sites for hydroxylation is 1. The normalized spacial score (nSPS) is 12.2. The van der Waals surface area contributed by atoms with Crippen LogP contribution >= 0.6 is 0 Å². The van der Waals surface area contributed by atoms with Gasteiger partial charge in [0.05, 0.1) is 0 Å². The summed E-state index contributed by atoms with van der Waals surface area (Å²) in [4.78, 5) is 14.0. The second-order valence-electron chi connectivity index (χ2n) is 4.40. The standard InChI is InChI=1S/C14H22N2O/c1-4-16(14(17)12(3)9-10-15)13-7-5-11(2)6-8-13/h5-8,12H,4,9-10,15H2,1-3H3. The highest BCUT2D eigenvalue weighted by atomic mass is 16.2. The van der Waals surface area contributed by atoms with Gasteiger partial charge in [0, 0.05) is 18.2 Å². The number of carbonyl (C=O) groups excluding carboxylic acids is 1. The van der Waals surface area contributed by atoms with Gasteiger partial charge in [-0.2, -0.15) is 0 Å². The summed E-state index contributed by atoms with van der Waals surface area (Å²) < 4.78 is 0. The number of rotatable bonds is 5. The Morgan fingerprint density at radius 1 is 1.35 bits per heavy atom. The Morgan fingerprint density at radius 2 is 1.94 bits per heavy atom. The van der Waals surface area contributed by atoms with Crippen molar-refractivity contribution >= 4 is 11.6 Å². The Morgan fingerprint density at radius 3 is 2.41 bits per heavy atom. The lowest BCUT2D eigenvalue weighted by Gasteiger charge is -2.24. The number of nitrogens with two attached hydrogens (primary N) is 1. The molecule has 1 rings (SSSR count). The van der Waals surface area contributed by atoms with Gasteiger partial charge in [0.15, 0.2) is 0 Å². The van der Waals surface area contributed by atoms with E-state index in [1.807, 2.05) is 49.9 Å². The molecule has 1 aromatic rings. The highest BCUT2D eigenvalue weighted by molar-refractivity contribution is 5.94. The van der Waals surface area contributed by atoms with Gasteiger partial charge in [-0.05, 0) is 38.9 Å². The molecule has 0 aliphatic heterocycles. The van der Waals surface area contributed by atoms with Crippen LogP contribution in [0.3, 0.4) is 0 Å². The van der Waals surface area contributed by atoms with Crippen molar-refractivity contribution < 1.29 is 4.79 Å². The van der Waals surface area contributed by atoms with Gasteiger partial charge in [0.25, 0.3) is 0 Å². The molecule has 0 radical (unpaired) electrons. The summed E-state index contributed by atoms with van der Waals surface area (Å²) >= 11 is 0. The minimum absolute atomic E-state index is 0.0127. The van der Waals surface area contributed by atoms with Crippen molar-refractivity contribution in [2.45, 2.75) is 27.2 Å². The number of anilines is 1. The quantitative estimate of drug-likeness (QED) is 0.850. The average molecular weight is 234 g/mol. The maximum Gasteiger partial charge on any atom is 0.229 e. The molecular formula is C14H22N2O. The molecule has 1 unspecified atom stereocenters. The van der Waals surface area contributed by atoms with Gasteiger partial charge in [-0.25, -0.2) is 0 Å². The number of benzene rings is 1. The molecule has 0 saturated carbocycles. The fourth-order valence-corrected chi connectivity index (χ4v) is 1.83. The fraction of sp³-hybridized carbons (Fsp3) is 0.500. The molecule has 0 heterocycles. The number of hydrogen-bond acceptors (Lipinski definition) is 2. The summed E-state index contributed by atoms with van der Waals surface area (Å²) in [6.07, 6.45) is 0.737. The first-order valence-electron chi connectivity index (χ1n) is 6.18. The Bertz CT molecular complexity index is 359. The van der Waals surface area contributed by atoms with Crippen LogP contribution in [-0.2, 0) is 4.79 Å². The van der Waals surface area contributed by atoms with Crippen LogP contribution in [0, 0.1) is 12.8 Å². The van der Waals surface area contributed by atoms with Crippen LogP contribution in [0.5, 0.6) is 0 Å². The predicted molar refractivity (Wildman–Crippen MR) is 72.0 cm³/mol. The highest BCUT2D eigenvalue weighted by Crippen LogP contribution is 2.18. The minimum atomic E-state index is -0.0127. The molecule has 0 fully saturated rings. The summed E-state index contributed by atoms with van der Waals surface area (Å²) in [6.45, 7) is 7.22. The molecule has 0 aromatic heterocycles. The van der Waals surface area contributed by atoms with Crippen LogP contribution in [0.15, 0.2) is 24.3 Å². The van der Waals surface area contributed by atoms with E-state index in [9.17, 15) is 4.79 Å². The van der Waals surface area contributed by atoms with Crippen LogP contribution in [0.25, 0.3) is 0 Å². The van der Waals surface area contributed by atoms with Gasteiger partial charge < -0.3 is 10.6 Å². The molecule has 1 amide bonds. The molecule has 1 aromatic carbocycles. The van der Waals surface area contributed by atoms with Gasteiger partial charge in [-0.3, -0.25) is 4.79 Å². The van der Waals surface area contributed by atoms with E-state index in [0.29, 0.717) is 13.1 Å². The van der Waals surface area contributed by atoms with E-state index in [1.54, 1.807) is 0 Å². The lowest BCUT2D eigenvalue weighted by Crippen LogP contribution is -2.35. The van der Waals surface area contributed by atoms with E-state index in [0.717, 1.165) is 12.1 Å². The SMILES string of the molecule is CCN(C(=O)C(C)CCN)c1ccc(C)cc1. The largest absolute Gasteiger partial charge is 0.330 e. The fourth-order valence-electron chi connectivity index (χ4n) is 1.83. The summed E-state index contributed by atoms with van der Waals surface area (Å²) in [6, 6.07) is 8.04. The number of carbonyl (C=O) groups is 1. The van der Waals surface area contributed by atoms with Gasteiger partial charge in [0.1, 0.15) is 0 Å². The van der Waals surface area contributed by atoms with Gasteiger partial charge in [-0.15, -0.1) is 0 Å². The average Bonchev–Trinajstić information content (AvgIpc) is 2.32. The van der Waals surface area contributed by atoms with Gasteiger partial charge in [0.2, 0.25) is 5.91 Å². The van der Waals surface area contributed by atoms with Crippen molar-refractivity contribution in [3.63, 3.8) is 0 Å². The van der Waals surface area contributed by atoms with E-state index in [2.05, 4.69) is 0 Å². The summed E-state index contributed by atoms with van der Waals surface area (Å²) in [7, 11) is 0. The monoisotopic (exact) mass is 234 g/mol. The summed E-state index contributed by atoms with van der Waals surface area (Å²) in [5, 5.41) is 0. The van der Waals surface area contributed by atoms with Crippen molar-refractivity contribution in [1.82, 2.24) is 0 Å². The van der Waals surface area contributed by atoms with Crippen LogP contribution in [0.1, 0.15) is 25.8 Å². The molecule has 3 nitrogen and oxygen atoms in total. The van der Waals surface area contributed by atoms with Crippen molar-refractivity contribution in [3.8, 4) is 0 Å². The van der Waals surface area contributed by atoms with Crippen LogP contribution in [-0.4, -0.2) is 19.0 Å². The van der Waals surface area contributed by atoms with Crippen LogP contribution in [0.2, 0.25) is 0 Å². The zero-order valence-corrected chi connectivity index (χ0v) is 10.9. The first-order valence-corrected chi connectivity index (χ1v) is 6.18. The number of hydrogen-bond donors (Lipinski definition) is 1. The van der Waals surface area contributed by atoms with E-state index in [4.69, 9.17) is 5.73 Å². The third kappa shape index (κ3) is 3.56. The molecule has 0 aliphatic rings. The summed E-state index contributed by atoms with van der Waals surface area (Å²) in [5.74, 6) is 0.142. The smallest absolute Gasteiger partial charge is 0.229 e. The molecule has 0 saturated heterocycles. The molecule has 2 N–H and O–H groups in total. The zero-order chi connectivity index (χ0) is 12.8. The van der Waals surface area contributed by atoms with Crippen molar-refractivity contribution in [3.05, 3.63) is 29.8 Å². The zero-order valence-electron chi connectivity index (χ0n) is 10.9. The molecular weight excluding hydrogens is 212 g/mol. The molecule has 1 atom stereocenters. The third-order valence-corrected chi connectivity index (χ3v) is 2.95. The van der Waals surface area contributed by atoms with Gasteiger partial charge >= 0.3 is 0 Å². The predicted octanol–water partition coefficient (Wildman–Crippen LogP) is 2.33. The molecule has 0 aliphatic carbocycles. The van der Waals surface area contributed by atoms with E-state index < -0.39 is 0 Å². The lowest BCUT2D eigenvalue weighted by atomic mass is 10.1. The molecule has 0 spiro atoms. The van der Waals surface area contributed by atoms with Crippen LogP contribution < -0.4 is 10.6 Å². The first kappa shape index (κ1) is 13.7. The van der Waals surface area contributed by atoms with Crippen molar-refractivity contribution in [2.75, 3.05) is 18.0 Å². The molecule has 94 valence electrons. The Balaban J connectivity index is 2.84. The second kappa shape index (κ2) is 6.40. The lowest BCUT2D eigenvalue weighted by molar-refractivity contribution is -0.122. The number of amides is 1. The molecule has 0 bridgehead atoms. The Kier molecular flexibility index (Phi) is 5.16. The van der Waals surface area contributed by atoms with E-state index in [1.165, 1.54) is 5.56 Å². The first-order chi connectivity index (χ1) is 8.10. The third-order valence-electron chi connectivity index (χ3n) is 2.95. The second-order valence-corrected chi connectivity index (χ2v) is 4.40. The van der Waals surface area contributed by atoms with Crippen molar-refractivity contribution in [2.24, 2.45) is 11.7 Å². The van der Waals surface area contributed by atoms with E-state index in [-0.39, 0.29) is 11.8 Å². The summed E-state index contributed by atoms with van der Waals surface area (Å²) in [5.41, 5.74) is 7.66. The van der Waals surface area contributed by atoms with E-state index >= 15 is 0 Å². The molecule has 3 heteroatoms. The van der Waals surface area contributed by atoms with Crippen LogP contribution in [0.4, 0.5) is 5.69 Å². The van der Waals surface area contributed by atoms with Gasteiger partial charge in [-0.1, -0.05) is 24.6 Å². The topological polar surface area (TPSA) is 46.3 Å². The number of nitrogens with zero attached hydrogens (tertiary/aromatic N) is 1. The molecule has 17 heavy (non-hydrogen) atoms. The highest BCUT2D eigenvalue weighted by Gasteiger charge is 2.19. The Labute approximate surface area is 104 Å². The van der Waals surface area contributed by atoms with Crippen molar-refractivity contribution in [1.29, 1.82) is 0 Å². The maximum atomic E-state index is 12.2.